The van der Waals surface area contributed by atoms with Crippen molar-refractivity contribution in [2.24, 2.45) is 29.1 Å². The summed E-state index contributed by atoms with van der Waals surface area (Å²) in [5, 5.41) is 9.68. The molecule has 0 radical (unpaired) electrons. The van der Waals surface area contributed by atoms with Crippen molar-refractivity contribution in [1.82, 2.24) is 0 Å². The molecule has 3 saturated carbocycles. The van der Waals surface area contributed by atoms with Gasteiger partial charge in [0.1, 0.15) is 0 Å². The average molecular weight is 208 g/mol. The minimum Gasteiger partial charge on any atom is -0.396 e. The number of hydrogen-bond acceptors (Lipinski definition) is 1. The summed E-state index contributed by atoms with van der Waals surface area (Å²) in [4.78, 5) is 0. The Balaban J connectivity index is 1.90. The lowest BCUT2D eigenvalue weighted by Gasteiger charge is -2.43. The van der Waals surface area contributed by atoms with Crippen molar-refractivity contribution in [1.29, 1.82) is 0 Å². The second-order valence-corrected chi connectivity index (χ2v) is 6.58. The largest absolute Gasteiger partial charge is 0.396 e. The molecule has 5 unspecified atom stereocenters. The predicted octanol–water partition coefficient (Wildman–Crippen LogP) is 3.22. The first-order valence-corrected chi connectivity index (χ1v) is 6.85. The molecule has 86 valence electrons. The molecular weight excluding hydrogens is 184 g/mol. The smallest absolute Gasteiger partial charge is 0.0487 e. The molecule has 1 nitrogen and oxygen atoms in total. The van der Waals surface area contributed by atoms with Gasteiger partial charge >= 0.3 is 0 Å². The highest BCUT2D eigenvalue weighted by atomic mass is 16.3. The molecule has 1 heteroatoms. The summed E-state index contributed by atoms with van der Waals surface area (Å²) in [5.74, 6) is 3.83. The summed E-state index contributed by atoms with van der Waals surface area (Å²) in [6, 6.07) is 0. The van der Waals surface area contributed by atoms with Gasteiger partial charge in [0.15, 0.2) is 0 Å². The van der Waals surface area contributed by atoms with E-state index in [2.05, 4.69) is 6.92 Å². The van der Waals surface area contributed by atoms with E-state index in [9.17, 15) is 5.11 Å². The van der Waals surface area contributed by atoms with Crippen molar-refractivity contribution in [3.8, 4) is 0 Å². The third-order valence-electron chi connectivity index (χ3n) is 5.78. The Morgan fingerprint density at radius 1 is 1.07 bits per heavy atom. The lowest BCUT2D eigenvalue weighted by atomic mass is 9.62. The molecule has 5 atom stereocenters. The third kappa shape index (κ3) is 1.39. The van der Waals surface area contributed by atoms with Gasteiger partial charge in [-0.05, 0) is 41.9 Å². The first-order chi connectivity index (χ1) is 7.24. The summed E-state index contributed by atoms with van der Waals surface area (Å²) in [5.41, 5.74) is 0.276. The summed E-state index contributed by atoms with van der Waals surface area (Å²) in [6.45, 7) is 2.77. The maximum Gasteiger partial charge on any atom is 0.0487 e. The Hall–Kier alpha value is -0.0400. The molecule has 1 N–H and O–H groups in total. The molecule has 15 heavy (non-hydrogen) atoms. The van der Waals surface area contributed by atoms with Gasteiger partial charge in [-0.15, -0.1) is 0 Å². The SMILES string of the molecule is CC1(CO)CC2CCCC3CCCC1C32. The summed E-state index contributed by atoms with van der Waals surface area (Å²) in [7, 11) is 0. The lowest BCUT2D eigenvalue weighted by molar-refractivity contribution is 0.0356. The topological polar surface area (TPSA) is 20.2 Å². The number of aliphatic hydroxyl groups is 1. The Kier molecular flexibility index (Phi) is 2.35. The molecule has 3 aliphatic rings. The second-order valence-electron chi connectivity index (χ2n) is 6.58. The number of hydrogen-bond donors (Lipinski definition) is 1. The summed E-state index contributed by atoms with van der Waals surface area (Å²) in [6.07, 6.45) is 10.0. The van der Waals surface area contributed by atoms with Crippen LogP contribution >= 0.6 is 0 Å². The average Bonchev–Trinajstić information content (AvgIpc) is 2.56. The monoisotopic (exact) mass is 208 g/mol. The molecule has 0 aromatic carbocycles. The van der Waals surface area contributed by atoms with Gasteiger partial charge in [0, 0.05) is 6.61 Å². The molecule has 0 heterocycles. The van der Waals surface area contributed by atoms with Crippen LogP contribution in [0, 0.1) is 29.1 Å². The van der Waals surface area contributed by atoms with E-state index in [1.807, 2.05) is 0 Å². The predicted molar refractivity (Wildman–Crippen MR) is 61.5 cm³/mol. The molecule has 3 aliphatic carbocycles. The van der Waals surface area contributed by atoms with Crippen molar-refractivity contribution >= 4 is 0 Å². The van der Waals surface area contributed by atoms with Gasteiger partial charge in [-0.3, -0.25) is 0 Å². The van der Waals surface area contributed by atoms with Gasteiger partial charge in [0.25, 0.3) is 0 Å². The van der Waals surface area contributed by atoms with Crippen LogP contribution in [-0.4, -0.2) is 11.7 Å². The molecular formula is C14H24O. The first-order valence-electron chi connectivity index (χ1n) is 6.85. The normalized spacial score (nSPS) is 54.0. The van der Waals surface area contributed by atoms with Crippen LogP contribution in [0.1, 0.15) is 51.9 Å². The van der Waals surface area contributed by atoms with E-state index >= 15 is 0 Å². The molecule has 3 rings (SSSR count). The van der Waals surface area contributed by atoms with Crippen LogP contribution < -0.4 is 0 Å². The van der Waals surface area contributed by atoms with E-state index in [1.54, 1.807) is 0 Å². The zero-order chi connectivity index (χ0) is 10.5. The zero-order valence-corrected chi connectivity index (χ0v) is 9.91. The quantitative estimate of drug-likeness (QED) is 0.701. The number of rotatable bonds is 1. The van der Waals surface area contributed by atoms with Gasteiger partial charge in [-0.1, -0.05) is 39.0 Å². The molecule has 3 fully saturated rings. The van der Waals surface area contributed by atoms with Crippen LogP contribution in [0.25, 0.3) is 0 Å². The van der Waals surface area contributed by atoms with Gasteiger partial charge in [-0.2, -0.15) is 0 Å². The van der Waals surface area contributed by atoms with Crippen LogP contribution in [0.5, 0.6) is 0 Å². The van der Waals surface area contributed by atoms with Crippen molar-refractivity contribution < 1.29 is 5.11 Å². The molecule has 0 spiro atoms. The fourth-order valence-corrected chi connectivity index (χ4v) is 5.18. The van der Waals surface area contributed by atoms with E-state index in [4.69, 9.17) is 0 Å². The van der Waals surface area contributed by atoms with Gasteiger partial charge < -0.3 is 5.11 Å². The second kappa shape index (κ2) is 3.48. The lowest BCUT2D eigenvalue weighted by Crippen LogP contribution is -2.36. The molecule has 0 saturated heterocycles. The van der Waals surface area contributed by atoms with Crippen LogP contribution in [0.4, 0.5) is 0 Å². The standard InChI is InChI=1S/C14H24O/c1-14(9-15)8-11-6-2-4-10-5-3-7-12(14)13(10)11/h10-13,15H,2-9H2,1H3. The van der Waals surface area contributed by atoms with Crippen molar-refractivity contribution in [2.45, 2.75) is 51.9 Å². The van der Waals surface area contributed by atoms with Crippen LogP contribution in [0.2, 0.25) is 0 Å². The Labute approximate surface area is 93.3 Å². The maximum atomic E-state index is 9.68. The molecule has 0 aromatic rings. The highest BCUT2D eigenvalue weighted by Crippen LogP contribution is 2.61. The summed E-state index contributed by atoms with van der Waals surface area (Å²) < 4.78 is 0. The Morgan fingerprint density at radius 3 is 2.47 bits per heavy atom. The fraction of sp³-hybridized carbons (Fsp3) is 1.00. The maximum absolute atomic E-state index is 9.68. The van der Waals surface area contributed by atoms with Crippen LogP contribution in [-0.2, 0) is 0 Å². The highest BCUT2D eigenvalue weighted by molar-refractivity contribution is 5.03. The highest BCUT2D eigenvalue weighted by Gasteiger charge is 2.54. The van der Waals surface area contributed by atoms with Gasteiger partial charge in [-0.25, -0.2) is 0 Å². The third-order valence-corrected chi connectivity index (χ3v) is 5.78. The van der Waals surface area contributed by atoms with E-state index in [0.717, 1.165) is 23.7 Å². The van der Waals surface area contributed by atoms with E-state index < -0.39 is 0 Å². The first kappa shape index (κ1) is 10.1. The Bertz CT molecular complexity index is 248. The summed E-state index contributed by atoms with van der Waals surface area (Å²) >= 11 is 0. The zero-order valence-electron chi connectivity index (χ0n) is 9.91. The minimum atomic E-state index is 0.276. The van der Waals surface area contributed by atoms with E-state index in [1.165, 1.54) is 44.9 Å². The van der Waals surface area contributed by atoms with Gasteiger partial charge in [0.05, 0.1) is 0 Å². The molecule has 0 aromatic heterocycles. The van der Waals surface area contributed by atoms with Gasteiger partial charge in [0.2, 0.25) is 0 Å². The van der Waals surface area contributed by atoms with E-state index in [0.29, 0.717) is 6.61 Å². The van der Waals surface area contributed by atoms with Crippen molar-refractivity contribution in [3.05, 3.63) is 0 Å². The molecule has 0 amide bonds. The van der Waals surface area contributed by atoms with Crippen molar-refractivity contribution in [3.63, 3.8) is 0 Å². The molecule has 0 aliphatic heterocycles. The Morgan fingerprint density at radius 2 is 1.73 bits per heavy atom. The van der Waals surface area contributed by atoms with Crippen molar-refractivity contribution in [2.75, 3.05) is 6.61 Å². The fourth-order valence-electron chi connectivity index (χ4n) is 5.18. The van der Waals surface area contributed by atoms with Crippen LogP contribution in [0.15, 0.2) is 0 Å². The molecule has 0 bridgehead atoms. The number of aliphatic hydroxyl groups excluding tert-OH is 1. The minimum absolute atomic E-state index is 0.276. The van der Waals surface area contributed by atoms with E-state index in [-0.39, 0.29) is 5.41 Å². The van der Waals surface area contributed by atoms with Crippen LogP contribution in [0.3, 0.4) is 0 Å².